The zero-order valence-electron chi connectivity index (χ0n) is 15.2. The maximum absolute atomic E-state index is 12.6. The van der Waals surface area contributed by atoms with Crippen molar-refractivity contribution in [1.29, 1.82) is 0 Å². The number of thiophene rings is 1. The third-order valence-electron chi connectivity index (χ3n) is 4.56. The Hall–Kier alpha value is -1.74. The van der Waals surface area contributed by atoms with E-state index in [0.29, 0.717) is 39.3 Å². The number of hydrogen-bond acceptors (Lipinski definition) is 5. The van der Waals surface area contributed by atoms with E-state index < -0.39 is 10.0 Å². The Labute approximate surface area is 164 Å². The lowest BCUT2D eigenvalue weighted by molar-refractivity contribution is -0.122. The molecular weight excluding hydrogens is 382 g/mol. The van der Waals surface area contributed by atoms with Crippen molar-refractivity contribution in [2.45, 2.75) is 12.2 Å². The fraction of sp³-hybridized carbons (Fsp3) is 0.421. The first-order valence-corrected chi connectivity index (χ1v) is 11.5. The first-order chi connectivity index (χ1) is 13.0. The summed E-state index contributed by atoms with van der Waals surface area (Å²) < 4.78 is 26.7. The van der Waals surface area contributed by atoms with E-state index in [-0.39, 0.29) is 11.7 Å². The summed E-state index contributed by atoms with van der Waals surface area (Å²) >= 11 is 1.69. The Kier molecular flexibility index (Phi) is 7.01. The molecule has 2 aromatic rings. The van der Waals surface area contributed by atoms with Crippen LogP contribution >= 0.6 is 11.3 Å². The molecule has 2 heterocycles. The molecule has 0 unspecified atom stereocenters. The molecule has 0 saturated carbocycles. The molecule has 0 atom stereocenters. The minimum absolute atomic E-state index is 0.00727. The number of sulfonamides is 1. The summed E-state index contributed by atoms with van der Waals surface area (Å²) in [6.07, 6.45) is 0.842. The molecule has 27 heavy (non-hydrogen) atoms. The molecule has 6 nitrogen and oxygen atoms in total. The average molecular weight is 408 g/mol. The molecule has 0 spiro atoms. The molecule has 1 aromatic carbocycles. The fourth-order valence-electron chi connectivity index (χ4n) is 3.08. The largest absolute Gasteiger partial charge is 0.355 e. The average Bonchev–Trinajstić information content (AvgIpc) is 3.16. The van der Waals surface area contributed by atoms with Crippen LogP contribution in [0.5, 0.6) is 0 Å². The summed E-state index contributed by atoms with van der Waals surface area (Å²) in [4.78, 5) is 15.3. The zero-order chi connectivity index (χ0) is 19.1. The second kappa shape index (κ2) is 9.45. The monoisotopic (exact) mass is 407 g/mol. The number of carbonyl (C=O) groups is 1. The smallest absolute Gasteiger partial charge is 0.234 e. The van der Waals surface area contributed by atoms with Crippen LogP contribution in [0, 0.1) is 0 Å². The number of rotatable bonds is 8. The van der Waals surface area contributed by atoms with E-state index in [2.05, 4.69) is 11.4 Å². The first-order valence-electron chi connectivity index (χ1n) is 9.06. The van der Waals surface area contributed by atoms with Gasteiger partial charge in [-0.1, -0.05) is 36.4 Å². The van der Waals surface area contributed by atoms with Gasteiger partial charge in [-0.15, -0.1) is 11.3 Å². The number of carbonyl (C=O) groups excluding carboxylic acids is 1. The van der Waals surface area contributed by atoms with Crippen LogP contribution in [0.4, 0.5) is 0 Å². The molecule has 0 aliphatic carbocycles. The van der Waals surface area contributed by atoms with Crippen LogP contribution in [0.1, 0.15) is 10.4 Å². The fourth-order valence-corrected chi connectivity index (χ4v) is 5.31. The van der Waals surface area contributed by atoms with E-state index in [1.807, 2.05) is 46.7 Å². The second-order valence-electron chi connectivity index (χ2n) is 6.60. The molecule has 1 fully saturated rings. The molecule has 1 aliphatic rings. The first kappa shape index (κ1) is 20.0. The lowest BCUT2D eigenvalue weighted by atomic mass is 10.2. The molecule has 1 saturated heterocycles. The third-order valence-corrected chi connectivity index (χ3v) is 7.34. The van der Waals surface area contributed by atoms with Gasteiger partial charge in [-0.25, -0.2) is 8.42 Å². The third kappa shape index (κ3) is 6.14. The van der Waals surface area contributed by atoms with Crippen molar-refractivity contribution >= 4 is 27.3 Å². The lowest BCUT2D eigenvalue weighted by Crippen LogP contribution is -2.51. The van der Waals surface area contributed by atoms with Gasteiger partial charge in [-0.2, -0.15) is 4.31 Å². The Morgan fingerprint density at radius 3 is 2.44 bits per heavy atom. The number of benzene rings is 1. The molecule has 1 aliphatic heterocycles. The van der Waals surface area contributed by atoms with Crippen molar-refractivity contribution in [2.24, 2.45) is 0 Å². The van der Waals surface area contributed by atoms with Crippen LogP contribution in [0.3, 0.4) is 0 Å². The van der Waals surface area contributed by atoms with E-state index in [0.717, 1.165) is 12.0 Å². The predicted molar refractivity (Wildman–Crippen MR) is 108 cm³/mol. The van der Waals surface area contributed by atoms with Crippen LogP contribution in [-0.2, 0) is 27.0 Å². The van der Waals surface area contributed by atoms with Gasteiger partial charge in [0, 0.05) is 37.6 Å². The Morgan fingerprint density at radius 1 is 1.04 bits per heavy atom. The van der Waals surface area contributed by atoms with Gasteiger partial charge >= 0.3 is 0 Å². The van der Waals surface area contributed by atoms with Gasteiger partial charge in [0.2, 0.25) is 15.9 Å². The molecule has 8 heteroatoms. The predicted octanol–water partition coefficient (Wildman–Crippen LogP) is 1.55. The van der Waals surface area contributed by atoms with Gasteiger partial charge in [0.1, 0.15) is 0 Å². The molecule has 146 valence electrons. The number of piperazine rings is 1. The highest BCUT2D eigenvalue weighted by atomic mass is 32.2. The summed E-state index contributed by atoms with van der Waals surface area (Å²) in [7, 11) is -3.32. The summed E-state index contributed by atoms with van der Waals surface area (Å²) in [5.74, 6) is 0.0176. The van der Waals surface area contributed by atoms with Gasteiger partial charge < -0.3 is 5.32 Å². The van der Waals surface area contributed by atoms with E-state index in [1.165, 1.54) is 9.18 Å². The van der Waals surface area contributed by atoms with Crippen molar-refractivity contribution in [2.75, 3.05) is 39.3 Å². The minimum atomic E-state index is -3.32. The Bertz CT molecular complexity index is 815. The highest BCUT2D eigenvalue weighted by Gasteiger charge is 2.27. The summed E-state index contributed by atoms with van der Waals surface area (Å²) in [5, 5.41) is 4.97. The van der Waals surface area contributed by atoms with Crippen molar-refractivity contribution in [3.8, 4) is 0 Å². The van der Waals surface area contributed by atoms with Crippen LogP contribution in [0.15, 0.2) is 47.8 Å². The minimum Gasteiger partial charge on any atom is -0.355 e. The number of hydrogen-bond donors (Lipinski definition) is 1. The van der Waals surface area contributed by atoms with Crippen LogP contribution < -0.4 is 5.32 Å². The topological polar surface area (TPSA) is 69.7 Å². The summed E-state index contributed by atoms with van der Waals surface area (Å²) in [5.41, 5.74) is 0.796. The maximum atomic E-state index is 12.6. The van der Waals surface area contributed by atoms with E-state index >= 15 is 0 Å². The van der Waals surface area contributed by atoms with E-state index in [4.69, 9.17) is 0 Å². The van der Waals surface area contributed by atoms with Crippen LogP contribution in [0.2, 0.25) is 0 Å². The van der Waals surface area contributed by atoms with Crippen molar-refractivity contribution < 1.29 is 13.2 Å². The van der Waals surface area contributed by atoms with Gasteiger partial charge in [0.15, 0.2) is 0 Å². The molecule has 1 N–H and O–H groups in total. The number of nitrogens with zero attached hydrogens (tertiary/aromatic N) is 2. The van der Waals surface area contributed by atoms with E-state index in [1.54, 1.807) is 11.3 Å². The summed E-state index contributed by atoms with van der Waals surface area (Å²) in [6.45, 7) is 2.95. The van der Waals surface area contributed by atoms with Crippen molar-refractivity contribution in [3.05, 3.63) is 58.3 Å². The molecule has 0 radical (unpaired) electrons. The molecule has 0 bridgehead atoms. The normalized spacial score (nSPS) is 16.3. The zero-order valence-corrected chi connectivity index (χ0v) is 16.8. The number of amides is 1. The molecular formula is C19H25N3O3S2. The van der Waals surface area contributed by atoms with Crippen LogP contribution in [-0.4, -0.2) is 62.8 Å². The quantitative estimate of drug-likeness (QED) is 0.721. The van der Waals surface area contributed by atoms with Gasteiger partial charge in [0.05, 0.1) is 12.3 Å². The highest BCUT2D eigenvalue weighted by molar-refractivity contribution is 7.88. The van der Waals surface area contributed by atoms with E-state index in [9.17, 15) is 13.2 Å². The Morgan fingerprint density at radius 2 is 1.78 bits per heavy atom. The standard InChI is InChI=1S/C19H25N3O3S2/c23-19(20-9-8-18-7-4-14-26-18)15-21-10-12-22(13-11-21)27(24,25)16-17-5-2-1-3-6-17/h1-7,14H,8-13,15-16H2,(H,20,23). The van der Waals surface area contributed by atoms with Gasteiger partial charge in [-0.3, -0.25) is 9.69 Å². The molecule has 1 aromatic heterocycles. The Balaban J connectivity index is 1.39. The number of nitrogens with one attached hydrogen (secondary N) is 1. The SMILES string of the molecule is O=C(CN1CCN(S(=O)(=O)Cc2ccccc2)CC1)NCCc1cccs1. The summed E-state index contributed by atoms with van der Waals surface area (Å²) in [6, 6.07) is 13.3. The van der Waals surface area contributed by atoms with Gasteiger partial charge in [0.25, 0.3) is 0 Å². The second-order valence-corrected chi connectivity index (χ2v) is 9.60. The van der Waals surface area contributed by atoms with Crippen molar-refractivity contribution in [3.63, 3.8) is 0 Å². The van der Waals surface area contributed by atoms with Crippen LogP contribution in [0.25, 0.3) is 0 Å². The van der Waals surface area contributed by atoms with Gasteiger partial charge in [-0.05, 0) is 23.4 Å². The maximum Gasteiger partial charge on any atom is 0.234 e. The van der Waals surface area contributed by atoms with Crippen molar-refractivity contribution in [1.82, 2.24) is 14.5 Å². The molecule has 1 amide bonds. The lowest BCUT2D eigenvalue weighted by Gasteiger charge is -2.33. The highest BCUT2D eigenvalue weighted by Crippen LogP contribution is 2.13. The molecule has 3 rings (SSSR count).